The fourth-order valence-corrected chi connectivity index (χ4v) is 5.28. The fraction of sp³-hybridized carbons (Fsp3) is 0.273. The number of nitrogens with zero attached hydrogens (tertiary/aromatic N) is 3. The number of thioether (sulfide) groups is 1. The van der Waals surface area contributed by atoms with Crippen molar-refractivity contribution in [1.29, 1.82) is 0 Å². The molecule has 0 radical (unpaired) electrons. The van der Waals surface area contributed by atoms with Crippen molar-refractivity contribution < 1.29 is 4.74 Å². The zero-order valence-corrected chi connectivity index (χ0v) is 16.2. The smallest absolute Gasteiger partial charge is 0.160 e. The molecule has 0 unspecified atom stereocenters. The van der Waals surface area contributed by atoms with Gasteiger partial charge in [0.05, 0.1) is 18.8 Å². The minimum atomic E-state index is 0.0120. The average molecular weight is 375 g/mol. The zero-order valence-electron chi connectivity index (χ0n) is 15.4. The lowest BCUT2D eigenvalue weighted by Gasteiger charge is -2.28. The van der Waals surface area contributed by atoms with Crippen LogP contribution in [0.25, 0.3) is 10.8 Å². The molecule has 0 amide bonds. The Hall–Kier alpha value is -2.53. The van der Waals surface area contributed by atoms with Gasteiger partial charge in [0.2, 0.25) is 0 Å². The summed E-state index contributed by atoms with van der Waals surface area (Å²) >= 11 is 1.87. The Balaban J connectivity index is 1.69. The van der Waals surface area contributed by atoms with Gasteiger partial charge in [-0.3, -0.25) is 9.98 Å². The number of hydrogen-bond acceptors (Lipinski definition) is 5. The number of benzene rings is 2. The van der Waals surface area contributed by atoms with Gasteiger partial charge in [-0.15, -0.1) is 0 Å². The summed E-state index contributed by atoms with van der Waals surface area (Å²) in [5.41, 5.74) is 2.31. The van der Waals surface area contributed by atoms with Gasteiger partial charge in [0.25, 0.3) is 0 Å². The molecule has 1 saturated heterocycles. The van der Waals surface area contributed by atoms with Crippen LogP contribution < -0.4 is 4.74 Å². The molecule has 5 rings (SSSR count). The van der Waals surface area contributed by atoms with Crippen molar-refractivity contribution in [3.05, 3.63) is 72.1 Å². The standard InChI is InChI=1S/C22H21N3OS/c1-14-13-25-21(20(24-22(25)27-14)18-9-5-6-12-23-18)17-10-11-19(26-2)16-8-4-3-7-15(16)17/h3-12,14,20-21H,13H2,1-2H3/t14-,20-,21-/m1/s1. The molecule has 1 fully saturated rings. The minimum absolute atomic E-state index is 0.0120. The van der Waals surface area contributed by atoms with Gasteiger partial charge in [-0.05, 0) is 29.1 Å². The predicted octanol–water partition coefficient (Wildman–Crippen LogP) is 4.83. The number of hydrogen-bond donors (Lipinski definition) is 0. The van der Waals surface area contributed by atoms with E-state index in [9.17, 15) is 0 Å². The van der Waals surface area contributed by atoms with Crippen molar-refractivity contribution in [3.63, 3.8) is 0 Å². The van der Waals surface area contributed by atoms with E-state index in [-0.39, 0.29) is 12.1 Å². The van der Waals surface area contributed by atoms with Crippen LogP contribution >= 0.6 is 11.8 Å². The molecule has 0 aliphatic carbocycles. The third kappa shape index (κ3) is 2.69. The first-order valence-corrected chi connectivity index (χ1v) is 10.1. The number of amidine groups is 1. The highest BCUT2D eigenvalue weighted by Crippen LogP contribution is 2.49. The highest BCUT2D eigenvalue weighted by Gasteiger charge is 2.44. The topological polar surface area (TPSA) is 37.7 Å². The van der Waals surface area contributed by atoms with E-state index in [1.54, 1.807) is 7.11 Å². The fourth-order valence-electron chi connectivity index (χ4n) is 4.18. The van der Waals surface area contributed by atoms with E-state index in [0.717, 1.165) is 28.5 Å². The van der Waals surface area contributed by atoms with Crippen LogP contribution in [0, 0.1) is 0 Å². The summed E-state index contributed by atoms with van der Waals surface area (Å²) in [5, 5.41) is 4.07. The number of ether oxygens (including phenoxy) is 1. The van der Waals surface area contributed by atoms with Gasteiger partial charge in [-0.1, -0.05) is 55.1 Å². The highest BCUT2D eigenvalue weighted by atomic mass is 32.2. The number of aliphatic imine (C=N–C) groups is 1. The maximum absolute atomic E-state index is 5.60. The molecule has 4 nitrogen and oxygen atoms in total. The van der Waals surface area contributed by atoms with Crippen LogP contribution in [-0.4, -0.2) is 34.0 Å². The Kier molecular flexibility index (Phi) is 4.05. The van der Waals surface area contributed by atoms with Crippen LogP contribution in [0.1, 0.15) is 30.3 Å². The van der Waals surface area contributed by atoms with Crippen LogP contribution in [-0.2, 0) is 0 Å². The lowest BCUT2D eigenvalue weighted by Crippen LogP contribution is -2.28. The third-order valence-electron chi connectivity index (χ3n) is 5.34. The molecule has 2 aliphatic rings. The van der Waals surface area contributed by atoms with Crippen molar-refractivity contribution >= 4 is 27.7 Å². The van der Waals surface area contributed by atoms with Crippen LogP contribution in [0.15, 0.2) is 65.8 Å². The van der Waals surface area contributed by atoms with E-state index < -0.39 is 0 Å². The van der Waals surface area contributed by atoms with Crippen molar-refractivity contribution in [2.45, 2.75) is 24.3 Å². The average Bonchev–Trinajstić information content (AvgIpc) is 3.24. The van der Waals surface area contributed by atoms with Crippen molar-refractivity contribution in [1.82, 2.24) is 9.88 Å². The van der Waals surface area contributed by atoms with E-state index in [4.69, 9.17) is 9.73 Å². The van der Waals surface area contributed by atoms with Crippen LogP contribution in [0.3, 0.4) is 0 Å². The van der Waals surface area contributed by atoms with E-state index in [0.29, 0.717) is 5.25 Å². The maximum Gasteiger partial charge on any atom is 0.160 e. The summed E-state index contributed by atoms with van der Waals surface area (Å²) in [6, 6.07) is 19.0. The molecule has 0 bridgehead atoms. The normalized spacial score (nSPS) is 24.1. The molecule has 3 heterocycles. The molecule has 0 spiro atoms. The number of aromatic nitrogens is 1. The van der Waals surface area contributed by atoms with Gasteiger partial charge in [0.15, 0.2) is 5.17 Å². The summed E-state index contributed by atoms with van der Waals surface area (Å²) in [6.07, 6.45) is 1.86. The van der Waals surface area contributed by atoms with Gasteiger partial charge in [0, 0.05) is 23.4 Å². The Labute approximate surface area is 163 Å². The van der Waals surface area contributed by atoms with Gasteiger partial charge < -0.3 is 9.64 Å². The molecule has 27 heavy (non-hydrogen) atoms. The Morgan fingerprint density at radius 2 is 1.85 bits per heavy atom. The van der Waals surface area contributed by atoms with Crippen molar-refractivity contribution in [3.8, 4) is 5.75 Å². The summed E-state index contributed by atoms with van der Waals surface area (Å²) in [6.45, 7) is 3.28. The number of fused-ring (bicyclic) bond motifs is 2. The first kappa shape index (κ1) is 16.6. The van der Waals surface area contributed by atoms with Gasteiger partial charge in [-0.25, -0.2) is 0 Å². The molecule has 3 aromatic rings. The van der Waals surface area contributed by atoms with E-state index in [1.165, 1.54) is 10.9 Å². The molecule has 5 heteroatoms. The first-order valence-electron chi connectivity index (χ1n) is 9.24. The monoisotopic (exact) mass is 375 g/mol. The second-order valence-corrected chi connectivity index (χ2v) is 8.45. The van der Waals surface area contributed by atoms with E-state index in [1.807, 2.05) is 30.1 Å². The van der Waals surface area contributed by atoms with Crippen molar-refractivity contribution in [2.24, 2.45) is 4.99 Å². The van der Waals surface area contributed by atoms with Gasteiger partial charge >= 0.3 is 0 Å². The molecule has 0 saturated carbocycles. The Morgan fingerprint density at radius 1 is 1.04 bits per heavy atom. The molecule has 3 atom stereocenters. The van der Waals surface area contributed by atoms with Gasteiger partial charge in [-0.2, -0.15) is 0 Å². The molecule has 1 aromatic heterocycles. The van der Waals surface area contributed by atoms with Crippen LogP contribution in [0.5, 0.6) is 5.75 Å². The third-order valence-corrected chi connectivity index (χ3v) is 6.44. The summed E-state index contributed by atoms with van der Waals surface area (Å²) in [5.74, 6) is 0.909. The van der Waals surface area contributed by atoms with E-state index in [2.05, 4.69) is 59.3 Å². The quantitative estimate of drug-likeness (QED) is 0.657. The van der Waals surface area contributed by atoms with Gasteiger partial charge in [0.1, 0.15) is 11.8 Å². The zero-order chi connectivity index (χ0) is 18.4. The molecule has 2 aromatic carbocycles. The number of rotatable bonds is 3. The number of pyridine rings is 1. The van der Waals surface area contributed by atoms with Crippen LogP contribution in [0.4, 0.5) is 0 Å². The predicted molar refractivity (Wildman–Crippen MR) is 111 cm³/mol. The minimum Gasteiger partial charge on any atom is -0.496 e. The largest absolute Gasteiger partial charge is 0.496 e. The molecular weight excluding hydrogens is 354 g/mol. The lowest BCUT2D eigenvalue weighted by atomic mass is 9.91. The SMILES string of the molecule is COc1ccc([C@@H]2[C@@H](c3ccccn3)N=C3S[C@H](C)CN32)c2ccccc12. The molecule has 2 aliphatic heterocycles. The Bertz CT molecular complexity index is 1020. The summed E-state index contributed by atoms with van der Waals surface area (Å²) < 4.78 is 5.60. The van der Waals surface area contributed by atoms with E-state index >= 15 is 0 Å². The summed E-state index contributed by atoms with van der Waals surface area (Å²) in [7, 11) is 1.73. The second-order valence-electron chi connectivity index (χ2n) is 7.04. The lowest BCUT2D eigenvalue weighted by molar-refractivity contribution is 0.323. The Morgan fingerprint density at radius 3 is 2.63 bits per heavy atom. The maximum atomic E-state index is 5.60. The molecular formula is C22H21N3OS. The molecule has 0 N–H and O–H groups in total. The first-order chi connectivity index (χ1) is 13.3. The second kappa shape index (κ2) is 6.57. The summed E-state index contributed by atoms with van der Waals surface area (Å²) in [4.78, 5) is 12.2. The number of methoxy groups -OCH3 is 1. The van der Waals surface area contributed by atoms with Crippen LogP contribution in [0.2, 0.25) is 0 Å². The molecule has 136 valence electrons. The highest BCUT2D eigenvalue weighted by molar-refractivity contribution is 8.14. The van der Waals surface area contributed by atoms with Crippen molar-refractivity contribution in [2.75, 3.05) is 13.7 Å².